The van der Waals surface area contributed by atoms with E-state index in [1.54, 1.807) is 6.07 Å². The van der Waals surface area contributed by atoms with Crippen molar-refractivity contribution in [2.75, 3.05) is 13.3 Å². The van der Waals surface area contributed by atoms with Crippen LogP contribution in [0.1, 0.15) is 11.1 Å². The van der Waals surface area contributed by atoms with Gasteiger partial charge in [-0.1, -0.05) is 29.8 Å². The van der Waals surface area contributed by atoms with Crippen molar-refractivity contribution in [1.29, 1.82) is 0 Å². The van der Waals surface area contributed by atoms with Crippen molar-refractivity contribution in [3.05, 3.63) is 82.6 Å². The van der Waals surface area contributed by atoms with Crippen molar-refractivity contribution in [1.82, 2.24) is 15.2 Å². The minimum atomic E-state index is -3.85. The Labute approximate surface area is 199 Å². The second kappa shape index (κ2) is 8.58. The number of aromatic nitrogens is 1. The molecule has 2 heterocycles. The molecule has 0 aliphatic carbocycles. The summed E-state index contributed by atoms with van der Waals surface area (Å²) in [5.74, 6) is -2.25. The highest BCUT2D eigenvalue weighted by molar-refractivity contribution is 7.86. The molecule has 1 aromatic heterocycles. The topological polar surface area (TPSA) is 115 Å². The first kappa shape index (κ1) is 24.0. The molecule has 0 spiro atoms. The number of carbonyl (C=O) groups excluding carboxylic acids is 1. The summed E-state index contributed by atoms with van der Waals surface area (Å²) in [7, 11) is -2.37. The molecule has 0 saturated carbocycles. The van der Waals surface area contributed by atoms with Crippen molar-refractivity contribution in [2.45, 2.75) is 11.8 Å². The maximum absolute atomic E-state index is 14.8. The average molecular weight is 509 g/mol. The highest BCUT2D eigenvalue weighted by Crippen LogP contribution is 2.40. The Hall–Kier alpha value is -3.12. The maximum Gasteiger partial charge on any atom is 0.306 e. The average Bonchev–Trinajstić information content (AvgIpc) is 3.00. The summed E-state index contributed by atoms with van der Waals surface area (Å²) in [6.45, 7) is 0. The first-order chi connectivity index (χ1) is 15.9. The lowest BCUT2D eigenvalue weighted by atomic mass is 9.81. The number of halogens is 3. The van der Waals surface area contributed by atoms with Crippen LogP contribution < -0.4 is 15.2 Å². The van der Waals surface area contributed by atoms with Crippen LogP contribution in [0.5, 0.6) is 5.75 Å². The highest BCUT2D eigenvalue weighted by atomic mass is 35.5. The zero-order valence-corrected chi connectivity index (χ0v) is 19.5. The summed E-state index contributed by atoms with van der Waals surface area (Å²) in [5, 5.41) is 3.10. The van der Waals surface area contributed by atoms with E-state index in [9.17, 15) is 22.0 Å². The Balaban J connectivity index is 1.95. The summed E-state index contributed by atoms with van der Waals surface area (Å²) in [6, 6.07) is 10.8. The molecule has 178 valence electrons. The lowest BCUT2D eigenvalue weighted by Crippen LogP contribution is -2.48. The van der Waals surface area contributed by atoms with Crippen LogP contribution in [0.25, 0.3) is 11.1 Å². The second-order valence-corrected chi connectivity index (χ2v) is 9.77. The predicted molar refractivity (Wildman–Crippen MR) is 121 cm³/mol. The number of pyridine rings is 1. The fourth-order valence-electron chi connectivity index (χ4n) is 3.88. The van der Waals surface area contributed by atoms with Crippen LogP contribution in [0.3, 0.4) is 0 Å². The normalized spacial score (nSPS) is 20.6. The van der Waals surface area contributed by atoms with Gasteiger partial charge in [0.05, 0.1) is 11.3 Å². The van der Waals surface area contributed by atoms with Gasteiger partial charge in [-0.15, -0.1) is 0 Å². The van der Waals surface area contributed by atoms with Crippen LogP contribution in [0.4, 0.5) is 8.78 Å². The molecule has 4 rings (SSSR count). The van der Waals surface area contributed by atoms with E-state index >= 15 is 0 Å². The number of rotatable bonds is 5. The summed E-state index contributed by atoms with van der Waals surface area (Å²) in [6.07, 6.45) is 1.05. The Bertz CT molecular complexity index is 1410. The summed E-state index contributed by atoms with van der Waals surface area (Å²) in [5.41, 5.74) is 4.56. The molecule has 2 unspecified atom stereocenters. The molecule has 1 aliphatic heterocycles. The quantitative estimate of drug-likeness (QED) is 0.402. The first-order valence-electron chi connectivity index (χ1n) is 9.84. The zero-order valence-electron chi connectivity index (χ0n) is 17.9. The Kier molecular flexibility index (Phi) is 6.06. The van der Waals surface area contributed by atoms with Gasteiger partial charge in [-0.2, -0.15) is 12.8 Å². The first-order valence-corrected chi connectivity index (χ1v) is 12.0. The molecule has 0 bridgehead atoms. The number of hydrogen-bond acceptors (Lipinski definition) is 7. The van der Waals surface area contributed by atoms with Crippen molar-refractivity contribution in [2.24, 2.45) is 5.73 Å². The molecule has 34 heavy (non-hydrogen) atoms. The molecule has 1 saturated heterocycles. The summed E-state index contributed by atoms with van der Waals surface area (Å²) in [4.78, 5) is 18.3. The molecule has 3 N–H and O–H groups in total. The standard InChI is InChI=1S/C22H19ClF2N4O4S/c1-29-20(30)22(28-21(29)26,12-4-3-5-15(8-12)33-34(2,31)32)13-6-7-18(24)16(9-13)17-10-14(23)11-27-19(17)25/h3-11,21,28H,26H2,1-2H3. The number of benzene rings is 2. The van der Waals surface area contributed by atoms with Gasteiger partial charge in [-0.05, 0) is 41.5 Å². The molecule has 8 nitrogen and oxygen atoms in total. The number of likely N-dealkylation sites (N-methyl/N-ethyl adjacent to an activating group) is 1. The monoisotopic (exact) mass is 508 g/mol. The largest absolute Gasteiger partial charge is 0.383 e. The zero-order chi connectivity index (χ0) is 24.8. The van der Waals surface area contributed by atoms with Crippen molar-refractivity contribution in [3.63, 3.8) is 0 Å². The minimum Gasteiger partial charge on any atom is -0.383 e. The van der Waals surface area contributed by atoms with Gasteiger partial charge in [0.15, 0.2) is 5.54 Å². The second-order valence-electron chi connectivity index (χ2n) is 7.76. The highest BCUT2D eigenvalue weighted by Gasteiger charge is 2.52. The van der Waals surface area contributed by atoms with Crippen LogP contribution in [0.15, 0.2) is 54.7 Å². The van der Waals surface area contributed by atoms with Gasteiger partial charge in [0, 0.05) is 24.4 Å². The Morgan fingerprint density at radius 2 is 1.85 bits per heavy atom. The SMILES string of the molecule is CN1C(=O)C(c2cccc(OS(C)(=O)=O)c2)(c2ccc(F)c(-c3cc(Cl)cnc3F)c2)NC1N. The number of nitrogens with two attached hydrogens (primary N) is 1. The molecule has 2 aromatic carbocycles. The molecule has 1 aliphatic rings. The molecule has 1 fully saturated rings. The third-order valence-electron chi connectivity index (χ3n) is 5.43. The van der Waals surface area contributed by atoms with Gasteiger partial charge < -0.3 is 9.08 Å². The third-order valence-corrected chi connectivity index (χ3v) is 6.13. The van der Waals surface area contributed by atoms with Crippen molar-refractivity contribution in [3.8, 4) is 16.9 Å². The Morgan fingerprint density at radius 3 is 2.50 bits per heavy atom. The van der Waals surface area contributed by atoms with E-state index in [-0.39, 0.29) is 33.0 Å². The molecule has 2 atom stereocenters. The fourth-order valence-corrected chi connectivity index (χ4v) is 4.50. The van der Waals surface area contributed by atoms with Gasteiger partial charge in [0.1, 0.15) is 17.9 Å². The number of amides is 1. The number of hydrogen-bond donors (Lipinski definition) is 2. The predicted octanol–water partition coefficient (Wildman–Crippen LogP) is 2.57. The van der Waals surface area contributed by atoms with E-state index in [0.29, 0.717) is 0 Å². The van der Waals surface area contributed by atoms with E-state index in [1.165, 1.54) is 48.3 Å². The molecule has 0 radical (unpaired) electrons. The molecule has 3 aromatic rings. The van der Waals surface area contributed by atoms with Gasteiger partial charge >= 0.3 is 10.1 Å². The maximum atomic E-state index is 14.8. The van der Waals surface area contributed by atoms with E-state index < -0.39 is 39.6 Å². The molecule has 12 heteroatoms. The third kappa shape index (κ3) is 4.23. The van der Waals surface area contributed by atoms with E-state index in [4.69, 9.17) is 21.5 Å². The lowest BCUT2D eigenvalue weighted by molar-refractivity contribution is -0.131. The van der Waals surface area contributed by atoms with Crippen LogP contribution in [-0.2, 0) is 20.5 Å². The van der Waals surface area contributed by atoms with Gasteiger partial charge in [0.25, 0.3) is 5.91 Å². The smallest absolute Gasteiger partial charge is 0.306 e. The Morgan fingerprint density at radius 1 is 1.15 bits per heavy atom. The van der Waals surface area contributed by atoms with Gasteiger partial charge in [-0.3, -0.25) is 15.8 Å². The molecular weight excluding hydrogens is 490 g/mol. The van der Waals surface area contributed by atoms with Crippen LogP contribution in [-0.4, -0.2) is 43.8 Å². The number of nitrogens with zero attached hydrogens (tertiary/aromatic N) is 2. The fraction of sp³-hybridized carbons (Fsp3) is 0.182. The lowest BCUT2D eigenvalue weighted by Gasteiger charge is -2.29. The summed E-state index contributed by atoms with van der Waals surface area (Å²) < 4.78 is 57.5. The van der Waals surface area contributed by atoms with Gasteiger partial charge in [-0.25, -0.2) is 9.37 Å². The van der Waals surface area contributed by atoms with Crippen molar-refractivity contribution < 1.29 is 26.2 Å². The van der Waals surface area contributed by atoms with Gasteiger partial charge in [0.2, 0.25) is 5.95 Å². The van der Waals surface area contributed by atoms with E-state index in [0.717, 1.165) is 18.5 Å². The van der Waals surface area contributed by atoms with E-state index in [1.807, 2.05) is 0 Å². The number of nitrogens with one attached hydrogen (secondary N) is 1. The molecular formula is C22H19ClF2N4O4S. The summed E-state index contributed by atoms with van der Waals surface area (Å²) >= 11 is 5.94. The minimum absolute atomic E-state index is 0.0375. The van der Waals surface area contributed by atoms with Crippen LogP contribution >= 0.6 is 11.6 Å². The van der Waals surface area contributed by atoms with Crippen LogP contribution in [0.2, 0.25) is 5.02 Å². The van der Waals surface area contributed by atoms with Crippen LogP contribution in [0, 0.1) is 11.8 Å². The number of carbonyl (C=O) groups is 1. The molecule has 1 amide bonds. The van der Waals surface area contributed by atoms with Crippen molar-refractivity contribution >= 4 is 27.6 Å². The van der Waals surface area contributed by atoms with E-state index in [2.05, 4.69) is 10.3 Å².